The minimum absolute atomic E-state index is 0.279. The van der Waals surface area contributed by atoms with Crippen LogP contribution >= 0.6 is 11.6 Å². The zero-order valence-corrected chi connectivity index (χ0v) is 15.2. The second-order valence-corrected chi connectivity index (χ2v) is 6.76. The number of ether oxygens (including phenoxy) is 1. The number of benzene rings is 1. The molecular weight excluding hydrogens is 338 g/mol. The third-order valence-electron chi connectivity index (χ3n) is 4.39. The number of hydrogen-bond donors (Lipinski definition) is 1. The molecule has 1 aromatic carbocycles. The number of rotatable bonds is 6. The fourth-order valence-electron chi connectivity index (χ4n) is 2.95. The van der Waals surface area contributed by atoms with E-state index in [1.807, 2.05) is 49.5 Å². The molecule has 6 heteroatoms. The molecular formula is C19H24ClN3O2. The van der Waals surface area contributed by atoms with Crippen LogP contribution in [-0.4, -0.2) is 60.4 Å². The molecule has 1 atom stereocenters. The van der Waals surface area contributed by atoms with Gasteiger partial charge < -0.3 is 14.7 Å². The van der Waals surface area contributed by atoms with Crippen LogP contribution in [0, 0.1) is 6.92 Å². The van der Waals surface area contributed by atoms with Crippen molar-refractivity contribution >= 4 is 17.4 Å². The molecule has 1 aromatic heterocycles. The Morgan fingerprint density at radius 1 is 1.20 bits per heavy atom. The minimum Gasteiger partial charge on any atom is -0.491 e. The Morgan fingerprint density at radius 2 is 2.00 bits per heavy atom. The second-order valence-electron chi connectivity index (χ2n) is 6.35. The summed E-state index contributed by atoms with van der Waals surface area (Å²) in [5.41, 5.74) is 0.972. The molecule has 0 unspecified atom stereocenters. The van der Waals surface area contributed by atoms with E-state index >= 15 is 0 Å². The van der Waals surface area contributed by atoms with E-state index in [2.05, 4.69) is 14.8 Å². The Labute approximate surface area is 153 Å². The predicted molar refractivity (Wildman–Crippen MR) is 101 cm³/mol. The van der Waals surface area contributed by atoms with Crippen molar-refractivity contribution in [2.24, 2.45) is 0 Å². The molecule has 1 fully saturated rings. The van der Waals surface area contributed by atoms with Crippen LogP contribution in [0.4, 0.5) is 5.82 Å². The quantitative estimate of drug-likeness (QED) is 0.857. The van der Waals surface area contributed by atoms with Gasteiger partial charge in [0.2, 0.25) is 0 Å². The third-order valence-corrected chi connectivity index (χ3v) is 4.81. The van der Waals surface area contributed by atoms with Crippen molar-refractivity contribution in [3.63, 3.8) is 0 Å². The van der Waals surface area contributed by atoms with Gasteiger partial charge >= 0.3 is 0 Å². The summed E-state index contributed by atoms with van der Waals surface area (Å²) >= 11 is 6.01. The standard InChI is InChI=1S/C19H24ClN3O2/c1-15-12-17(5-6-18(15)20)25-14-16(24)13-22-8-10-23(11-9-22)19-4-2-3-7-21-19/h2-7,12,16,24H,8-11,13-14H2,1H3/t16-/m1/s1. The third kappa shape index (κ3) is 5.08. The SMILES string of the molecule is Cc1cc(OC[C@H](O)CN2CCN(c3ccccn3)CC2)ccc1Cl. The number of nitrogens with zero attached hydrogens (tertiary/aromatic N) is 3. The number of halogens is 1. The highest BCUT2D eigenvalue weighted by molar-refractivity contribution is 6.31. The molecule has 1 aliphatic heterocycles. The van der Waals surface area contributed by atoms with Crippen LogP contribution in [0.25, 0.3) is 0 Å². The second kappa shape index (κ2) is 8.52. The van der Waals surface area contributed by atoms with Crippen LogP contribution in [0.5, 0.6) is 5.75 Å². The molecule has 0 bridgehead atoms. The average Bonchev–Trinajstić information content (AvgIpc) is 2.64. The average molecular weight is 362 g/mol. The molecule has 1 N–H and O–H groups in total. The number of piperazine rings is 1. The van der Waals surface area contributed by atoms with Gasteiger partial charge in [-0.2, -0.15) is 0 Å². The summed E-state index contributed by atoms with van der Waals surface area (Å²) in [4.78, 5) is 8.93. The Bertz CT molecular complexity index is 676. The van der Waals surface area contributed by atoms with Gasteiger partial charge in [-0.15, -0.1) is 0 Å². The highest BCUT2D eigenvalue weighted by Gasteiger charge is 2.20. The molecule has 1 aliphatic rings. The Kier molecular flexibility index (Phi) is 6.13. The van der Waals surface area contributed by atoms with Gasteiger partial charge in [0.05, 0.1) is 0 Å². The van der Waals surface area contributed by atoms with Gasteiger partial charge in [0.25, 0.3) is 0 Å². The zero-order chi connectivity index (χ0) is 17.6. The van der Waals surface area contributed by atoms with E-state index in [9.17, 15) is 5.11 Å². The first kappa shape index (κ1) is 18.0. The zero-order valence-electron chi connectivity index (χ0n) is 14.4. The predicted octanol–water partition coefficient (Wildman–Crippen LogP) is 2.61. The highest BCUT2D eigenvalue weighted by Crippen LogP contribution is 2.21. The summed E-state index contributed by atoms with van der Waals surface area (Å²) in [7, 11) is 0. The summed E-state index contributed by atoms with van der Waals surface area (Å²) in [5.74, 6) is 1.75. The van der Waals surface area contributed by atoms with Gasteiger partial charge in [-0.1, -0.05) is 17.7 Å². The lowest BCUT2D eigenvalue weighted by atomic mass is 10.2. The first-order valence-electron chi connectivity index (χ1n) is 8.57. The van der Waals surface area contributed by atoms with Gasteiger partial charge in [0.15, 0.2) is 0 Å². The number of aliphatic hydroxyl groups is 1. The normalized spacial score (nSPS) is 16.7. The van der Waals surface area contributed by atoms with Gasteiger partial charge in [-0.25, -0.2) is 4.98 Å². The number of aromatic nitrogens is 1. The molecule has 5 nitrogen and oxygen atoms in total. The van der Waals surface area contributed by atoms with Gasteiger partial charge in [0.1, 0.15) is 24.3 Å². The Hall–Kier alpha value is -1.82. The lowest BCUT2D eigenvalue weighted by Crippen LogP contribution is -2.49. The van der Waals surface area contributed by atoms with Crippen molar-refractivity contribution in [3.05, 3.63) is 53.2 Å². The number of pyridine rings is 1. The molecule has 2 aromatic rings. The lowest BCUT2D eigenvalue weighted by Gasteiger charge is -2.36. The Morgan fingerprint density at radius 3 is 2.68 bits per heavy atom. The van der Waals surface area contributed by atoms with Crippen LogP contribution in [0.3, 0.4) is 0 Å². The van der Waals surface area contributed by atoms with Crippen molar-refractivity contribution in [2.75, 3.05) is 44.2 Å². The van der Waals surface area contributed by atoms with Gasteiger partial charge in [0, 0.05) is 43.9 Å². The van der Waals surface area contributed by atoms with Crippen LogP contribution in [0.2, 0.25) is 5.02 Å². The highest BCUT2D eigenvalue weighted by atomic mass is 35.5. The smallest absolute Gasteiger partial charge is 0.128 e. The number of β-amino-alcohol motifs (C(OH)–C–C–N with tert-alkyl or cyclic N) is 1. The summed E-state index contributed by atoms with van der Waals surface area (Å²) < 4.78 is 5.68. The largest absolute Gasteiger partial charge is 0.491 e. The molecule has 2 heterocycles. The van der Waals surface area contributed by atoms with E-state index in [1.165, 1.54) is 0 Å². The van der Waals surface area contributed by atoms with Crippen molar-refractivity contribution in [3.8, 4) is 5.75 Å². The number of aliphatic hydroxyl groups excluding tert-OH is 1. The van der Waals surface area contributed by atoms with E-state index < -0.39 is 6.10 Å². The van der Waals surface area contributed by atoms with E-state index in [-0.39, 0.29) is 6.61 Å². The number of aryl methyl sites for hydroxylation is 1. The minimum atomic E-state index is -0.516. The fraction of sp³-hybridized carbons (Fsp3) is 0.421. The molecule has 1 saturated heterocycles. The molecule has 3 rings (SSSR count). The number of anilines is 1. The maximum Gasteiger partial charge on any atom is 0.128 e. The van der Waals surface area contributed by atoms with Crippen molar-refractivity contribution in [1.82, 2.24) is 9.88 Å². The molecule has 134 valence electrons. The van der Waals surface area contributed by atoms with Crippen molar-refractivity contribution in [1.29, 1.82) is 0 Å². The van der Waals surface area contributed by atoms with Crippen LogP contribution in [0.1, 0.15) is 5.56 Å². The first-order valence-corrected chi connectivity index (χ1v) is 8.95. The van der Waals surface area contributed by atoms with Crippen molar-refractivity contribution < 1.29 is 9.84 Å². The van der Waals surface area contributed by atoms with Gasteiger partial charge in [-0.3, -0.25) is 4.90 Å². The first-order chi connectivity index (χ1) is 12.1. The summed E-state index contributed by atoms with van der Waals surface area (Å²) in [5, 5.41) is 11.0. The topological polar surface area (TPSA) is 48.8 Å². The molecule has 0 spiro atoms. The fourth-order valence-corrected chi connectivity index (χ4v) is 3.07. The van der Waals surface area contributed by atoms with Gasteiger partial charge in [-0.05, 0) is 42.8 Å². The maximum absolute atomic E-state index is 10.3. The van der Waals surface area contributed by atoms with Crippen LogP contribution < -0.4 is 9.64 Å². The summed E-state index contributed by atoms with van der Waals surface area (Å²) in [6, 6.07) is 11.5. The van der Waals surface area contributed by atoms with Crippen molar-refractivity contribution in [2.45, 2.75) is 13.0 Å². The van der Waals surface area contributed by atoms with E-state index in [4.69, 9.17) is 16.3 Å². The van der Waals surface area contributed by atoms with E-state index in [0.717, 1.165) is 48.3 Å². The van der Waals surface area contributed by atoms with Crippen LogP contribution in [-0.2, 0) is 0 Å². The van der Waals surface area contributed by atoms with E-state index in [0.29, 0.717) is 6.54 Å². The monoisotopic (exact) mass is 361 g/mol. The summed E-state index contributed by atoms with van der Waals surface area (Å²) in [6.45, 7) is 6.49. The van der Waals surface area contributed by atoms with E-state index in [1.54, 1.807) is 0 Å². The lowest BCUT2D eigenvalue weighted by molar-refractivity contribution is 0.0662. The molecule has 0 radical (unpaired) electrons. The molecule has 0 saturated carbocycles. The summed E-state index contributed by atoms with van der Waals surface area (Å²) in [6.07, 6.45) is 1.30. The molecule has 0 aliphatic carbocycles. The number of hydrogen-bond acceptors (Lipinski definition) is 5. The molecule has 25 heavy (non-hydrogen) atoms. The maximum atomic E-state index is 10.3. The molecule has 0 amide bonds. The Balaban J connectivity index is 1.41. The van der Waals surface area contributed by atoms with Crippen LogP contribution in [0.15, 0.2) is 42.6 Å².